The van der Waals surface area contributed by atoms with Crippen molar-refractivity contribution in [2.45, 2.75) is 33.1 Å². The first-order valence-corrected chi connectivity index (χ1v) is 11.6. The molecular formula is C30H30N2O3. The number of aromatic hydroxyl groups is 1. The maximum atomic E-state index is 13.6. The van der Waals surface area contributed by atoms with Crippen molar-refractivity contribution in [3.8, 4) is 5.75 Å². The Morgan fingerprint density at radius 1 is 0.657 bits per heavy atom. The number of hydrogen-bond donors (Lipinski definition) is 1. The van der Waals surface area contributed by atoms with Crippen molar-refractivity contribution >= 4 is 23.2 Å². The molecule has 0 saturated carbocycles. The highest BCUT2D eigenvalue weighted by molar-refractivity contribution is 6.36. The minimum atomic E-state index is -0.566. The Morgan fingerprint density at radius 3 is 1.57 bits per heavy atom. The molecule has 0 atom stereocenters. The molecule has 4 rings (SSSR count). The number of allylic oxidation sites excluding steroid dienone is 3. The first-order valence-electron chi connectivity index (χ1n) is 11.6. The van der Waals surface area contributed by atoms with Crippen molar-refractivity contribution in [1.29, 1.82) is 0 Å². The molecule has 0 aliphatic carbocycles. The van der Waals surface area contributed by atoms with Crippen LogP contribution in [0.5, 0.6) is 5.75 Å². The SMILES string of the molecule is CC(C)(C=CC(C)(C)c1ccc(O)cc1)C=C1C(=O)N(c2ccccc2)N(c2ccccc2)C1=O. The second-order valence-electron chi connectivity index (χ2n) is 9.89. The van der Waals surface area contributed by atoms with Crippen LogP contribution in [0.15, 0.2) is 109 Å². The molecule has 1 fully saturated rings. The average molecular weight is 467 g/mol. The zero-order chi connectivity index (χ0) is 25.2. The van der Waals surface area contributed by atoms with Gasteiger partial charge in [0.1, 0.15) is 11.3 Å². The highest BCUT2D eigenvalue weighted by Crippen LogP contribution is 2.35. The van der Waals surface area contributed by atoms with Gasteiger partial charge >= 0.3 is 0 Å². The topological polar surface area (TPSA) is 60.9 Å². The van der Waals surface area contributed by atoms with E-state index in [0.29, 0.717) is 11.4 Å². The molecule has 1 aliphatic rings. The maximum Gasteiger partial charge on any atom is 0.282 e. The van der Waals surface area contributed by atoms with Crippen molar-refractivity contribution in [2.75, 3.05) is 10.0 Å². The number of amides is 2. The lowest BCUT2D eigenvalue weighted by molar-refractivity contribution is -0.116. The smallest absolute Gasteiger partial charge is 0.282 e. The molecule has 5 heteroatoms. The van der Waals surface area contributed by atoms with Crippen molar-refractivity contribution in [2.24, 2.45) is 5.41 Å². The Balaban J connectivity index is 1.69. The average Bonchev–Trinajstić information content (AvgIpc) is 3.09. The van der Waals surface area contributed by atoms with Crippen LogP contribution in [0, 0.1) is 5.41 Å². The highest BCUT2D eigenvalue weighted by atomic mass is 16.3. The van der Waals surface area contributed by atoms with Gasteiger partial charge in [-0.05, 0) is 42.0 Å². The van der Waals surface area contributed by atoms with Crippen LogP contribution in [0.4, 0.5) is 11.4 Å². The molecule has 0 radical (unpaired) electrons. The second-order valence-corrected chi connectivity index (χ2v) is 9.89. The number of benzene rings is 3. The van der Waals surface area contributed by atoms with Gasteiger partial charge in [-0.25, -0.2) is 10.0 Å². The predicted octanol–water partition coefficient (Wildman–Crippen LogP) is 6.17. The van der Waals surface area contributed by atoms with Crippen LogP contribution in [0.2, 0.25) is 0 Å². The standard InChI is InChI=1S/C30H30N2O3/c1-29(2,19-20-30(3,4)22-15-17-25(33)18-16-22)21-26-27(34)31(23-11-7-5-8-12-23)32(28(26)35)24-13-9-6-10-14-24/h5-21,33H,1-4H3. The lowest BCUT2D eigenvalue weighted by Gasteiger charge is -2.27. The predicted molar refractivity (Wildman–Crippen MR) is 140 cm³/mol. The molecule has 2 amide bonds. The number of carbonyl (C=O) groups is 2. The first kappa shape index (κ1) is 24.0. The summed E-state index contributed by atoms with van der Waals surface area (Å²) in [5.74, 6) is -0.489. The Kier molecular flexibility index (Phi) is 6.35. The summed E-state index contributed by atoms with van der Waals surface area (Å²) in [6, 6.07) is 25.5. The van der Waals surface area contributed by atoms with Gasteiger partial charge in [0.15, 0.2) is 0 Å². The normalized spacial score (nSPS) is 14.8. The van der Waals surface area contributed by atoms with Gasteiger partial charge in [0, 0.05) is 10.8 Å². The highest BCUT2D eigenvalue weighted by Gasteiger charge is 2.43. The van der Waals surface area contributed by atoms with E-state index in [1.54, 1.807) is 18.2 Å². The number of carbonyl (C=O) groups excluding carboxylic acids is 2. The number of hydrogen-bond acceptors (Lipinski definition) is 3. The summed E-state index contributed by atoms with van der Waals surface area (Å²) in [7, 11) is 0. The molecule has 3 aromatic carbocycles. The molecule has 0 unspecified atom stereocenters. The number of nitrogens with zero attached hydrogens (tertiary/aromatic N) is 2. The third kappa shape index (κ3) is 5.04. The van der Waals surface area contributed by atoms with E-state index < -0.39 is 5.41 Å². The van der Waals surface area contributed by atoms with Gasteiger partial charge in [0.25, 0.3) is 11.8 Å². The van der Waals surface area contributed by atoms with Crippen LogP contribution in [0.1, 0.15) is 33.3 Å². The Hall–Kier alpha value is -4.12. The van der Waals surface area contributed by atoms with E-state index in [0.717, 1.165) is 5.56 Å². The van der Waals surface area contributed by atoms with Crippen LogP contribution < -0.4 is 10.0 Å². The number of phenolic OH excluding ortho intramolecular Hbond substituents is 1. The van der Waals surface area contributed by atoms with Gasteiger partial charge in [-0.3, -0.25) is 9.59 Å². The maximum absolute atomic E-state index is 13.6. The summed E-state index contributed by atoms with van der Waals surface area (Å²) in [6.07, 6.45) is 5.84. The number of hydrazine groups is 1. The van der Waals surface area contributed by atoms with Gasteiger partial charge in [-0.2, -0.15) is 0 Å². The third-order valence-corrected chi connectivity index (χ3v) is 6.10. The van der Waals surface area contributed by atoms with Gasteiger partial charge in [-0.15, -0.1) is 0 Å². The van der Waals surface area contributed by atoms with E-state index >= 15 is 0 Å². The summed E-state index contributed by atoms with van der Waals surface area (Å²) in [5.41, 5.74) is 1.56. The number of phenols is 1. The van der Waals surface area contributed by atoms with Gasteiger partial charge in [0.2, 0.25) is 0 Å². The molecule has 5 nitrogen and oxygen atoms in total. The first-order chi connectivity index (χ1) is 16.6. The lowest BCUT2D eigenvalue weighted by Crippen LogP contribution is -2.41. The fraction of sp³-hybridized carbons (Fsp3) is 0.200. The minimum absolute atomic E-state index is 0.134. The molecule has 3 aromatic rings. The van der Waals surface area contributed by atoms with Crippen molar-refractivity contribution in [1.82, 2.24) is 0 Å². The second kappa shape index (κ2) is 9.26. The zero-order valence-electron chi connectivity index (χ0n) is 20.5. The molecule has 1 saturated heterocycles. The van der Waals surface area contributed by atoms with Crippen molar-refractivity contribution < 1.29 is 14.7 Å². The van der Waals surface area contributed by atoms with Crippen LogP contribution in [0.3, 0.4) is 0 Å². The summed E-state index contributed by atoms with van der Waals surface area (Å²) >= 11 is 0. The Bertz CT molecular complexity index is 1210. The van der Waals surface area contributed by atoms with Gasteiger partial charge in [-0.1, -0.05) is 94.5 Å². The fourth-order valence-electron chi connectivity index (χ4n) is 4.06. The van der Waals surface area contributed by atoms with E-state index in [4.69, 9.17) is 0 Å². The summed E-state index contributed by atoms with van der Waals surface area (Å²) in [5, 5.41) is 12.5. The molecule has 1 aliphatic heterocycles. The van der Waals surface area contributed by atoms with Crippen LogP contribution in [-0.4, -0.2) is 16.9 Å². The van der Waals surface area contributed by atoms with E-state index in [-0.39, 0.29) is 28.6 Å². The van der Waals surface area contributed by atoms with Crippen LogP contribution in [0.25, 0.3) is 0 Å². The third-order valence-electron chi connectivity index (χ3n) is 6.10. The zero-order valence-corrected chi connectivity index (χ0v) is 20.5. The van der Waals surface area contributed by atoms with E-state index in [1.165, 1.54) is 10.0 Å². The summed E-state index contributed by atoms with van der Waals surface area (Å²) < 4.78 is 0. The molecule has 1 heterocycles. The molecular weight excluding hydrogens is 436 g/mol. The Labute approximate surface area is 206 Å². The van der Waals surface area contributed by atoms with E-state index in [9.17, 15) is 14.7 Å². The monoisotopic (exact) mass is 466 g/mol. The molecule has 35 heavy (non-hydrogen) atoms. The minimum Gasteiger partial charge on any atom is -0.508 e. The van der Waals surface area contributed by atoms with Crippen molar-refractivity contribution in [3.63, 3.8) is 0 Å². The van der Waals surface area contributed by atoms with Crippen molar-refractivity contribution in [3.05, 3.63) is 114 Å². The molecule has 0 aromatic heterocycles. The van der Waals surface area contributed by atoms with Gasteiger partial charge < -0.3 is 5.11 Å². The fourth-order valence-corrected chi connectivity index (χ4v) is 4.06. The van der Waals surface area contributed by atoms with Gasteiger partial charge in [0.05, 0.1) is 11.4 Å². The molecule has 0 spiro atoms. The van der Waals surface area contributed by atoms with E-state index in [2.05, 4.69) is 19.9 Å². The summed E-state index contributed by atoms with van der Waals surface area (Å²) in [6.45, 7) is 8.11. The van der Waals surface area contributed by atoms with Crippen LogP contribution >= 0.6 is 0 Å². The number of anilines is 2. The molecule has 1 N–H and O–H groups in total. The molecule has 178 valence electrons. The Morgan fingerprint density at radius 2 is 1.11 bits per heavy atom. The van der Waals surface area contributed by atoms with Crippen LogP contribution in [-0.2, 0) is 15.0 Å². The number of para-hydroxylation sites is 2. The lowest BCUT2D eigenvalue weighted by atomic mass is 9.80. The molecule has 0 bridgehead atoms. The largest absolute Gasteiger partial charge is 0.508 e. The quantitative estimate of drug-likeness (QED) is 0.268. The number of rotatable bonds is 6. The summed E-state index contributed by atoms with van der Waals surface area (Å²) in [4.78, 5) is 27.2. The van der Waals surface area contributed by atoms with E-state index in [1.807, 2.05) is 92.7 Å².